The fraction of sp³-hybridized carbons (Fsp3) is 0. The molecule has 0 atom stereocenters. The number of rotatable bonds is 3. The Labute approximate surface area is 108 Å². The van der Waals surface area contributed by atoms with E-state index in [-0.39, 0.29) is 9.29 Å². The number of hydrogen-bond acceptors (Lipinski definition) is 2. The van der Waals surface area contributed by atoms with Gasteiger partial charge in [0.1, 0.15) is 0 Å². The standard InChI is InChI=1S/C10H6N2O2.2Al.4H/c13-6-8-2-1-5-12(8)10-3-4-11-9(10)7-14;;;;;;/h1-5,11H;;;;;;. The molecule has 0 spiro atoms. The summed E-state index contributed by atoms with van der Waals surface area (Å²) in [6, 6.07) is 5.42. The average molecular weight is 244 g/mol. The molecule has 0 fully saturated rings. The first-order valence-corrected chi connectivity index (χ1v) is 6.98. The summed E-state index contributed by atoms with van der Waals surface area (Å²) in [6.45, 7) is 0. The van der Waals surface area contributed by atoms with Crippen LogP contribution in [-0.2, 0) is 0 Å². The number of nitrogens with one attached hydrogen (secondary N) is 1. The van der Waals surface area contributed by atoms with Gasteiger partial charge in [-0.2, -0.15) is 0 Å². The number of hydrogen-bond donors (Lipinski definition) is 1. The summed E-state index contributed by atoms with van der Waals surface area (Å²) in [5.41, 5.74) is 2.01. The lowest BCUT2D eigenvalue weighted by Gasteiger charge is -2.07. The number of aromatic nitrogens is 2. The van der Waals surface area contributed by atoms with Crippen LogP contribution in [-0.4, -0.2) is 51.4 Å². The van der Waals surface area contributed by atoms with E-state index in [1.165, 1.54) is 0 Å². The molecule has 0 amide bonds. The SMILES string of the molecule is O=[C]([AlH2])c1[nH]ccc1-n1cccc1[C](=O)[AlH2]. The smallest absolute Gasteiger partial charge is 0.330 e. The van der Waals surface area contributed by atoms with Crippen LogP contribution in [0.5, 0.6) is 0 Å². The fourth-order valence-corrected chi connectivity index (χ4v) is 2.53. The summed E-state index contributed by atoms with van der Waals surface area (Å²) in [6.07, 6.45) is 3.53. The second kappa shape index (κ2) is 4.45. The van der Waals surface area contributed by atoms with Crippen LogP contribution in [0.4, 0.5) is 0 Å². The maximum atomic E-state index is 11.5. The summed E-state index contributed by atoms with van der Waals surface area (Å²) in [5, 5.41) is 0. The van der Waals surface area contributed by atoms with Crippen molar-refractivity contribution >= 4 is 41.9 Å². The summed E-state index contributed by atoms with van der Waals surface area (Å²) >= 11 is 0.943. The number of carbonyl (C=O) groups is 2. The average Bonchev–Trinajstić information content (AvgIpc) is 2.85. The van der Waals surface area contributed by atoms with Crippen molar-refractivity contribution < 1.29 is 9.59 Å². The quantitative estimate of drug-likeness (QED) is 0.730. The molecule has 0 bridgehead atoms. The van der Waals surface area contributed by atoms with Gasteiger partial charge >= 0.3 is 32.6 Å². The minimum Gasteiger partial charge on any atom is -0.358 e. The maximum Gasteiger partial charge on any atom is 0.330 e. The van der Waals surface area contributed by atoms with Crippen molar-refractivity contribution in [3.8, 4) is 5.69 Å². The van der Waals surface area contributed by atoms with Gasteiger partial charge in [-0.1, -0.05) is 0 Å². The van der Waals surface area contributed by atoms with E-state index in [0.29, 0.717) is 44.0 Å². The molecule has 0 aliphatic heterocycles. The highest BCUT2D eigenvalue weighted by Gasteiger charge is 2.13. The van der Waals surface area contributed by atoms with Gasteiger partial charge in [-0.25, -0.2) is 0 Å². The minimum atomic E-state index is 0.0976. The molecule has 0 radical (unpaired) electrons. The molecule has 0 saturated heterocycles. The van der Waals surface area contributed by atoms with Gasteiger partial charge in [-0.15, -0.1) is 0 Å². The van der Waals surface area contributed by atoms with E-state index in [1.807, 2.05) is 18.3 Å². The van der Waals surface area contributed by atoms with E-state index in [0.717, 1.165) is 5.69 Å². The summed E-state index contributed by atoms with van der Waals surface area (Å²) in [4.78, 5) is 25.8. The van der Waals surface area contributed by atoms with E-state index >= 15 is 0 Å². The van der Waals surface area contributed by atoms with Crippen LogP contribution < -0.4 is 0 Å². The van der Waals surface area contributed by atoms with Crippen molar-refractivity contribution in [3.63, 3.8) is 0 Å². The number of H-pyrrole nitrogens is 1. The molecule has 2 aromatic heterocycles. The molecule has 78 valence electrons. The van der Waals surface area contributed by atoms with Gasteiger partial charge in [0.15, 0.2) is 0 Å². The van der Waals surface area contributed by atoms with Crippen LogP contribution in [0.1, 0.15) is 21.0 Å². The van der Waals surface area contributed by atoms with Gasteiger partial charge in [0, 0.05) is 12.4 Å². The van der Waals surface area contributed by atoms with E-state index in [1.54, 1.807) is 16.8 Å². The normalized spacial score (nSPS) is 10.2. The summed E-state index contributed by atoms with van der Waals surface area (Å²) < 4.78 is 2.00. The van der Waals surface area contributed by atoms with Crippen molar-refractivity contribution in [1.29, 1.82) is 0 Å². The Balaban J connectivity index is 2.59. The minimum absolute atomic E-state index is 0.0976. The largest absolute Gasteiger partial charge is 0.358 e. The molecule has 0 unspecified atom stereocenters. The lowest BCUT2D eigenvalue weighted by molar-refractivity contribution is 0.106. The van der Waals surface area contributed by atoms with Crippen LogP contribution >= 0.6 is 0 Å². The molecule has 0 aliphatic carbocycles. The van der Waals surface area contributed by atoms with Gasteiger partial charge in [-0.3, -0.25) is 0 Å². The summed E-state index contributed by atoms with van der Waals surface area (Å²) in [7, 11) is 0. The van der Waals surface area contributed by atoms with Gasteiger partial charge in [-0.05, 0) is 18.2 Å². The second-order valence-electron chi connectivity index (χ2n) is 3.61. The molecule has 4 nitrogen and oxygen atoms in total. The van der Waals surface area contributed by atoms with Gasteiger partial charge in [0.25, 0.3) is 0 Å². The molecule has 6 heteroatoms. The van der Waals surface area contributed by atoms with Crippen LogP contribution in [0.15, 0.2) is 30.6 Å². The highest BCUT2D eigenvalue weighted by molar-refractivity contribution is 6.63. The molecular weight excluding hydrogens is 234 g/mol. The Morgan fingerprint density at radius 1 is 1.19 bits per heavy atom. The zero-order valence-electron chi connectivity index (χ0n) is 9.15. The van der Waals surface area contributed by atoms with Crippen molar-refractivity contribution in [2.75, 3.05) is 0 Å². The Morgan fingerprint density at radius 2 is 1.94 bits per heavy atom. The van der Waals surface area contributed by atoms with E-state index < -0.39 is 0 Å². The predicted octanol–water partition coefficient (Wildman–Crippen LogP) is -0.648. The monoisotopic (exact) mass is 244 g/mol. The van der Waals surface area contributed by atoms with Crippen molar-refractivity contribution in [1.82, 2.24) is 9.55 Å². The first kappa shape index (κ1) is 11.5. The Bertz CT molecular complexity index is 506. The number of nitrogens with zero attached hydrogens (tertiary/aromatic N) is 1. The zero-order chi connectivity index (χ0) is 11.7. The molecule has 2 rings (SSSR count). The van der Waals surface area contributed by atoms with Crippen LogP contribution in [0.25, 0.3) is 5.69 Å². The molecular formula is C10H10Al2N2O2. The summed E-state index contributed by atoms with van der Waals surface area (Å²) in [5.74, 6) is 0. The maximum absolute atomic E-state index is 11.5. The molecule has 2 heterocycles. The van der Waals surface area contributed by atoms with Crippen LogP contribution in [0.3, 0.4) is 0 Å². The van der Waals surface area contributed by atoms with Gasteiger partial charge < -0.3 is 19.1 Å². The second-order valence-corrected chi connectivity index (χ2v) is 5.43. The molecule has 0 aromatic carbocycles. The van der Waals surface area contributed by atoms with Crippen molar-refractivity contribution in [2.45, 2.75) is 0 Å². The lowest BCUT2D eigenvalue weighted by Crippen LogP contribution is -2.10. The topological polar surface area (TPSA) is 54.9 Å². The van der Waals surface area contributed by atoms with Crippen LogP contribution in [0.2, 0.25) is 0 Å². The zero-order valence-corrected chi connectivity index (χ0v) is 13.2. The number of aromatic amines is 1. The molecule has 2 aromatic rings. The molecule has 16 heavy (non-hydrogen) atoms. The predicted molar refractivity (Wildman–Crippen MR) is 65.9 cm³/mol. The highest BCUT2D eigenvalue weighted by atomic mass is 27.1. The third kappa shape index (κ3) is 1.94. The van der Waals surface area contributed by atoms with E-state index in [2.05, 4.69) is 4.98 Å². The molecule has 1 N–H and O–H groups in total. The first-order valence-electron chi connectivity index (χ1n) is 4.98. The van der Waals surface area contributed by atoms with Gasteiger partial charge in [0.2, 0.25) is 0 Å². The van der Waals surface area contributed by atoms with E-state index in [9.17, 15) is 9.59 Å². The van der Waals surface area contributed by atoms with Crippen molar-refractivity contribution in [3.05, 3.63) is 42.0 Å². The molecule has 0 aliphatic rings. The van der Waals surface area contributed by atoms with E-state index in [4.69, 9.17) is 0 Å². The highest BCUT2D eigenvalue weighted by Crippen LogP contribution is 2.16. The Morgan fingerprint density at radius 3 is 2.56 bits per heavy atom. The van der Waals surface area contributed by atoms with Gasteiger partial charge in [0.05, 0.1) is 26.4 Å². The number of carbonyl (C=O) groups excluding carboxylic acids is 2. The van der Waals surface area contributed by atoms with Crippen LogP contribution in [0, 0.1) is 0 Å². The lowest BCUT2D eigenvalue weighted by atomic mass is 10.3. The Kier molecular flexibility index (Phi) is 3.19. The third-order valence-corrected chi connectivity index (χ3v) is 3.46. The van der Waals surface area contributed by atoms with Crippen molar-refractivity contribution in [2.24, 2.45) is 0 Å². The fourth-order valence-electron chi connectivity index (χ4n) is 1.72. The molecule has 0 saturated carbocycles. The first-order chi connectivity index (χ1) is 7.61. The third-order valence-electron chi connectivity index (χ3n) is 2.45. The Hall–Kier alpha value is -1.04.